The molecule has 5 rings (SSSR count). The topological polar surface area (TPSA) is 71.2 Å². The summed E-state index contributed by atoms with van der Waals surface area (Å²) < 4.78 is 5.53. The van der Waals surface area contributed by atoms with E-state index in [9.17, 15) is 5.11 Å². The molecule has 0 saturated heterocycles. The van der Waals surface area contributed by atoms with Gasteiger partial charge < -0.3 is 14.8 Å². The van der Waals surface area contributed by atoms with Crippen molar-refractivity contribution < 1.29 is 9.52 Å². The molecule has 0 unspecified atom stereocenters. The monoisotopic (exact) mass is 409 g/mol. The van der Waals surface area contributed by atoms with E-state index >= 15 is 0 Å². The zero-order valence-corrected chi connectivity index (χ0v) is 17.1. The molecule has 2 heterocycles. The summed E-state index contributed by atoms with van der Waals surface area (Å²) in [6.45, 7) is 0. The summed E-state index contributed by atoms with van der Waals surface area (Å²) in [4.78, 5) is 9.50. The van der Waals surface area contributed by atoms with Crippen molar-refractivity contribution in [3.8, 4) is 23.4 Å². The van der Waals surface area contributed by atoms with Crippen LogP contribution in [0.3, 0.4) is 0 Å². The fourth-order valence-corrected chi connectivity index (χ4v) is 3.91. The standard InChI is InChI=1S/C26H23N3O2/c30-21-13-11-20(12-14-21)27-25-22-17-19(9-8-18-5-2-1-3-6-18)10-15-23(22)28-26(29-25)24-7-4-16-31-24/h1-7,10,15-17,20-21,30H,11-14H2,(H,27,28,29)/t20-,21-. The second-order valence-electron chi connectivity index (χ2n) is 7.87. The molecular weight excluding hydrogens is 386 g/mol. The number of furan rings is 1. The zero-order valence-electron chi connectivity index (χ0n) is 17.1. The summed E-state index contributed by atoms with van der Waals surface area (Å²) in [5.74, 6) is 8.43. The summed E-state index contributed by atoms with van der Waals surface area (Å²) >= 11 is 0. The van der Waals surface area contributed by atoms with Gasteiger partial charge in [-0.3, -0.25) is 0 Å². The highest BCUT2D eigenvalue weighted by atomic mass is 16.3. The number of aromatic nitrogens is 2. The molecule has 1 aliphatic rings. The van der Waals surface area contributed by atoms with Crippen molar-refractivity contribution in [2.45, 2.75) is 37.8 Å². The van der Waals surface area contributed by atoms with E-state index in [1.165, 1.54) is 0 Å². The first-order valence-electron chi connectivity index (χ1n) is 10.6. The van der Waals surface area contributed by atoms with Crippen LogP contribution in [-0.2, 0) is 0 Å². The van der Waals surface area contributed by atoms with Crippen molar-refractivity contribution in [2.75, 3.05) is 5.32 Å². The summed E-state index contributed by atoms with van der Waals surface area (Å²) in [6.07, 6.45) is 4.87. The number of hydrogen-bond donors (Lipinski definition) is 2. The number of hydrogen-bond acceptors (Lipinski definition) is 5. The first-order valence-corrected chi connectivity index (χ1v) is 10.6. The second kappa shape index (κ2) is 8.63. The third kappa shape index (κ3) is 4.45. The quantitative estimate of drug-likeness (QED) is 0.466. The third-order valence-electron chi connectivity index (χ3n) is 5.60. The van der Waals surface area contributed by atoms with Gasteiger partial charge in [-0.1, -0.05) is 30.0 Å². The third-order valence-corrected chi connectivity index (χ3v) is 5.60. The van der Waals surface area contributed by atoms with Gasteiger partial charge in [0.15, 0.2) is 11.6 Å². The van der Waals surface area contributed by atoms with E-state index in [2.05, 4.69) is 17.2 Å². The molecule has 1 saturated carbocycles. The first-order chi connectivity index (χ1) is 15.2. The Bertz CT molecular complexity index is 1230. The van der Waals surface area contributed by atoms with Gasteiger partial charge >= 0.3 is 0 Å². The minimum Gasteiger partial charge on any atom is -0.461 e. The Labute approximate surface area is 181 Å². The van der Waals surface area contributed by atoms with Gasteiger partial charge in [-0.05, 0) is 68.1 Å². The lowest BCUT2D eigenvalue weighted by Crippen LogP contribution is -2.28. The molecule has 1 aliphatic carbocycles. The van der Waals surface area contributed by atoms with Crippen LogP contribution in [0.1, 0.15) is 36.8 Å². The highest BCUT2D eigenvalue weighted by Crippen LogP contribution is 2.29. The summed E-state index contributed by atoms with van der Waals surface area (Å²) in [5, 5.41) is 14.4. The fraction of sp³-hybridized carbons (Fsp3) is 0.231. The predicted octanol–water partition coefficient (Wildman–Crippen LogP) is 5.01. The van der Waals surface area contributed by atoms with Crippen LogP contribution in [0.25, 0.3) is 22.5 Å². The van der Waals surface area contributed by atoms with E-state index < -0.39 is 0 Å². The summed E-state index contributed by atoms with van der Waals surface area (Å²) in [6, 6.07) is 19.9. The molecule has 0 atom stereocenters. The number of nitrogens with zero attached hydrogens (tertiary/aromatic N) is 2. The van der Waals surface area contributed by atoms with Crippen LogP contribution in [-0.4, -0.2) is 27.2 Å². The fourth-order valence-electron chi connectivity index (χ4n) is 3.91. The molecule has 1 fully saturated rings. The van der Waals surface area contributed by atoms with Crippen LogP contribution in [0, 0.1) is 11.8 Å². The average molecular weight is 409 g/mol. The smallest absolute Gasteiger partial charge is 0.198 e. The van der Waals surface area contributed by atoms with Gasteiger partial charge in [0, 0.05) is 22.6 Å². The molecule has 31 heavy (non-hydrogen) atoms. The Morgan fingerprint density at radius 2 is 1.68 bits per heavy atom. The Kier molecular flexibility index (Phi) is 5.39. The predicted molar refractivity (Wildman–Crippen MR) is 122 cm³/mol. The first kappa shape index (κ1) is 19.3. The SMILES string of the molecule is O[C@H]1CC[C@H](Nc2nc(-c3ccco3)nc3ccc(C#Cc4ccccc4)cc23)CC1. The Morgan fingerprint density at radius 1 is 0.871 bits per heavy atom. The van der Waals surface area contributed by atoms with E-state index in [0.717, 1.165) is 53.5 Å². The van der Waals surface area contributed by atoms with Crippen LogP contribution in [0.15, 0.2) is 71.3 Å². The van der Waals surface area contributed by atoms with Gasteiger partial charge in [0.1, 0.15) is 5.82 Å². The molecular formula is C26H23N3O2. The maximum absolute atomic E-state index is 9.84. The van der Waals surface area contributed by atoms with Crippen molar-refractivity contribution >= 4 is 16.7 Å². The number of nitrogens with one attached hydrogen (secondary N) is 1. The molecule has 2 aromatic heterocycles. The number of rotatable bonds is 3. The molecule has 0 amide bonds. The van der Waals surface area contributed by atoms with Gasteiger partial charge in [-0.15, -0.1) is 0 Å². The van der Waals surface area contributed by atoms with Crippen LogP contribution in [0.2, 0.25) is 0 Å². The molecule has 5 heteroatoms. The van der Waals surface area contributed by atoms with Gasteiger partial charge in [-0.2, -0.15) is 0 Å². The molecule has 2 aromatic carbocycles. The molecule has 0 bridgehead atoms. The maximum atomic E-state index is 9.84. The Hall–Kier alpha value is -3.62. The van der Waals surface area contributed by atoms with E-state index in [0.29, 0.717) is 11.6 Å². The highest BCUT2D eigenvalue weighted by molar-refractivity contribution is 5.91. The van der Waals surface area contributed by atoms with Crippen LogP contribution in [0.4, 0.5) is 5.82 Å². The van der Waals surface area contributed by atoms with Crippen LogP contribution < -0.4 is 5.32 Å². The van der Waals surface area contributed by atoms with Crippen molar-refractivity contribution in [2.24, 2.45) is 0 Å². The molecule has 0 spiro atoms. The molecule has 4 aromatic rings. The summed E-state index contributed by atoms with van der Waals surface area (Å²) in [5.41, 5.74) is 2.73. The van der Waals surface area contributed by atoms with Crippen molar-refractivity contribution in [1.29, 1.82) is 0 Å². The average Bonchev–Trinajstić information content (AvgIpc) is 3.35. The van der Waals surface area contributed by atoms with Gasteiger partial charge in [0.2, 0.25) is 0 Å². The molecule has 2 N–H and O–H groups in total. The van der Waals surface area contributed by atoms with Gasteiger partial charge in [-0.25, -0.2) is 9.97 Å². The van der Waals surface area contributed by atoms with Crippen LogP contribution >= 0.6 is 0 Å². The number of aliphatic hydroxyl groups is 1. The van der Waals surface area contributed by atoms with Crippen molar-refractivity contribution in [1.82, 2.24) is 9.97 Å². The highest BCUT2D eigenvalue weighted by Gasteiger charge is 2.21. The maximum Gasteiger partial charge on any atom is 0.198 e. The van der Waals surface area contributed by atoms with E-state index in [1.807, 2.05) is 60.7 Å². The Balaban J connectivity index is 1.54. The van der Waals surface area contributed by atoms with Gasteiger partial charge in [0.05, 0.1) is 17.9 Å². The summed E-state index contributed by atoms with van der Waals surface area (Å²) in [7, 11) is 0. The number of fused-ring (bicyclic) bond motifs is 1. The molecule has 0 aliphatic heterocycles. The van der Waals surface area contributed by atoms with Crippen molar-refractivity contribution in [3.63, 3.8) is 0 Å². The largest absolute Gasteiger partial charge is 0.461 e. The van der Waals surface area contributed by atoms with E-state index in [4.69, 9.17) is 14.4 Å². The number of benzene rings is 2. The lowest BCUT2D eigenvalue weighted by Gasteiger charge is -2.27. The number of aliphatic hydroxyl groups excluding tert-OH is 1. The minimum absolute atomic E-state index is 0.196. The van der Waals surface area contributed by atoms with Gasteiger partial charge in [0.25, 0.3) is 0 Å². The Morgan fingerprint density at radius 3 is 2.45 bits per heavy atom. The zero-order chi connectivity index (χ0) is 21.0. The molecule has 0 radical (unpaired) electrons. The lowest BCUT2D eigenvalue weighted by atomic mass is 9.93. The van der Waals surface area contributed by atoms with E-state index in [-0.39, 0.29) is 12.1 Å². The van der Waals surface area contributed by atoms with Crippen molar-refractivity contribution in [3.05, 3.63) is 78.1 Å². The molecule has 154 valence electrons. The second-order valence-corrected chi connectivity index (χ2v) is 7.87. The number of anilines is 1. The molecule has 5 nitrogen and oxygen atoms in total. The van der Waals surface area contributed by atoms with E-state index in [1.54, 1.807) is 6.26 Å². The van der Waals surface area contributed by atoms with Crippen LogP contribution in [0.5, 0.6) is 0 Å². The minimum atomic E-state index is -0.196. The normalized spacial score (nSPS) is 18.4. The lowest BCUT2D eigenvalue weighted by molar-refractivity contribution is 0.126.